The monoisotopic (exact) mass is 203 g/mol. The van der Waals surface area contributed by atoms with Crippen molar-refractivity contribution in [2.24, 2.45) is 0 Å². The second-order valence-electron chi connectivity index (χ2n) is 4.34. The van der Waals surface area contributed by atoms with Crippen LogP contribution >= 0.6 is 0 Å². The molecule has 0 aliphatic carbocycles. The lowest BCUT2D eigenvalue weighted by molar-refractivity contribution is -0.133. The molecule has 15 heavy (non-hydrogen) atoms. The van der Waals surface area contributed by atoms with Gasteiger partial charge in [-0.3, -0.25) is 4.79 Å². The van der Waals surface area contributed by atoms with Gasteiger partial charge in [-0.1, -0.05) is 23.8 Å². The Morgan fingerprint density at radius 1 is 1.33 bits per heavy atom. The van der Waals surface area contributed by atoms with Crippen molar-refractivity contribution >= 4 is 5.91 Å². The molecule has 0 saturated carbocycles. The number of hydrogen-bond acceptors (Lipinski definition) is 1. The number of benzene rings is 1. The zero-order chi connectivity index (χ0) is 10.8. The van der Waals surface area contributed by atoms with Crippen LogP contribution in [0.25, 0.3) is 0 Å². The normalized spacial score (nSPS) is 14.9. The van der Waals surface area contributed by atoms with Crippen LogP contribution in [0, 0.1) is 13.8 Å². The van der Waals surface area contributed by atoms with Gasteiger partial charge in [0.1, 0.15) is 0 Å². The topological polar surface area (TPSA) is 20.3 Å². The lowest BCUT2D eigenvalue weighted by Crippen LogP contribution is -2.42. The molecule has 1 aliphatic rings. The van der Waals surface area contributed by atoms with E-state index in [1.165, 1.54) is 17.5 Å². The molecule has 1 aromatic carbocycles. The molecule has 0 unspecified atom stereocenters. The van der Waals surface area contributed by atoms with E-state index in [4.69, 9.17) is 0 Å². The first kappa shape index (κ1) is 10.2. The summed E-state index contributed by atoms with van der Waals surface area (Å²) in [5, 5.41) is 0. The van der Waals surface area contributed by atoms with Gasteiger partial charge in [0.15, 0.2) is 0 Å². The van der Waals surface area contributed by atoms with Crippen LogP contribution in [0.3, 0.4) is 0 Å². The quantitative estimate of drug-likeness (QED) is 0.720. The second-order valence-corrected chi connectivity index (χ2v) is 4.34. The number of carbonyl (C=O) groups is 1. The third kappa shape index (κ3) is 2.20. The smallest absolute Gasteiger partial charge is 0.227 e. The minimum Gasteiger partial charge on any atom is -0.342 e. The van der Waals surface area contributed by atoms with Crippen molar-refractivity contribution in [1.82, 2.24) is 4.90 Å². The van der Waals surface area contributed by atoms with Crippen LogP contribution in [0.15, 0.2) is 18.2 Å². The first-order valence-electron chi connectivity index (χ1n) is 5.51. The number of aryl methyl sites for hydroxylation is 2. The lowest BCUT2D eigenvalue weighted by Gasteiger charge is -2.31. The number of carbonyl (C=O) groups excluding carboxylic acids is 1. The minimum absolute atomic E-state index is 0.271. The average molecular weight is 203 g/mol. The molecule has 1 fully saturated rings. The van der Waals surface area contributed by atoms with E-state index < -0.39 is 0 Å². The molecule has 1 aliphatic heterocycles. The Bertz CT molecular complexity index is 380. The Morgan fingerprint density at radius 3 is 2.60 bits per heavy atom. The molecular weight excluding hydrogens is 186 g/mol. The molecule has 0 spiro atoms. The summed E-state index contributed by atoms with van der Waals surface area (Å²) in [6, 6.07) is 6.28. The van der Waals surface area contributed by atoms with Crippen molar-refractivity contribution in [2.75, 3.05) is 13.1 Å². The third-order valence-corrected chi connectivity index (χ3v) is 3.05. The summed E-state index contributed by atoms with van der Waals surface area (Å²) in [6.45, 7) is 6.05. The predicted molar refractivity (Wildman–Crippen MR) is 60.8 cm³/mol. The number of amides is 1. The fourth-order valence-electron chi connectivity index (χ4n) is 1.88. The molecule has 1 saturated heterocycles. The Balaban J connectivity index is 2.06. The van der Waals surface area contributed by atoms with Crippen LogP contribution in [-0.2, 0) is 11.2 Å². The van der Waals surface area contributed by atoms with E-state index >= 15 is 0 Å². The number of rotatable bonds is 2. The van der Waals surface area contributed by atoms with Crippen molar-refractivity contribution in [1.29, 1.82) is 0 Å². The number of nitrogens with zero attached hydrogens (tertiary/aromatic N) is 1. The SMILES string of the molecule is Cc1ccc(CC(=O)N2CCC2)c(C)c1. The van der Waals surface area contributed by atoms with Crippen LogP contribution in [0.2, 0.25) is 0 Å². The van der Waals surface area contributed by atoms with Crippen molar-refractivity contribution in [3.63, 3.8) is 0 Å². The van der Waals surface area contributed by atoms with Crippen LogP contribution in [0.5, 0.6) is 0 Å². The third-order valence-electron chi connectivity index (χ3n) is 3.05. The van der Waals surface area contributed by atoms with E-state index in [1.807, 2.05) is 4.90 Å². The Hall–Kier alpha value is -1.31. The minimum atomic E-state index is 0.271. The van der Waals surface area contributed by atoms with Gasteiger partial charge in [-0.25, -0.2) is 0 Å². The number of likely N-dealkylation sites (tertiary alicyclic amines) is 1. The van der Waals surface area contributed by atoms with Gasteiger partial charge in [-0.15, -0.1) is 0 Å². The van der Waals surface area contributed by atoms with Gasteiger partial charge >= 0.3 is 0 Å². The lowest BCUT2D eigenvalue weighted by atomic mass is 10.0. The summed E-state index contributed by atoms with van der Waals surface area (Å²) >= 11 is 0. The molecule has 0 aromatic heterocycles. The maximum atomic E-state index is 11.8. The van der Waals surface area contributed by atoms with E-state index in [9.17, 15) is 4.79 Å². The standard InChI is InChI=1S/C13H17NO/c1-10-4-5-12(11(2)8-10)9-13(15)14-6-3-7-14/h4-5,8H,3,6-7,9H2,1-2H3. The van der Waals surface area contributed by atoms with E-state index in [0.717, 1.165) is 18.7 Å². The highest BCUT2D eigenvalue weighted by molar-refractivity contribution is 5.79. The van der Waals surface area contributed by atoms with Crippen molar-refractivity contribution < 1.29 is 4.79 Å². The molecule has 1 amide bonds. The molecule has 0 N–H and O–H groups in total. The van der Waals surface area contributed by atoms with E-state index in [1.54, 1.807) is 0 Å². The average Bonchev–Trinajstić information content (AvgIpc) is 2.07. The fraction of sp³-hybridized carbons (Fsp3) is 0.462. The second kappa shape index (κ2) is 4.05. The van der Waals surface area contributed by atoms with Gasteiger partial charge in [0.2, 0.25) is 5.91 Å². The van der Waals surface area contributed by atoms with E-state index in [0.29, 0.717) is 6.42 Å². The predicted octanol–water partition coefficient (Wildman–Crippen LogP) is 2.08. The molecule has 80 valence electrons. The summed E-state index contributed by atoms with van der Waals surface area (Å²) in [6.07, 6.45) is 1.73. The zero-order valence-corrected chi connectivity index (χ0v) is 9.42. The van der Waals surface area contributed by atoms with Gasteiger partial charge in [0.25, 0.3) is 0 Å². The first-order chi connectivity index (χ1) is 7.16. The van der Waals surface area contributed by atoms with E-state index in [2.05, 4.69) is 32.0 Å². The molecule has 2 rings (SSSR count). The van der Waals surface area contributed by atoms with Crippen molar-refractivity contribution in [3.05, 3.63) is 34.9 Å². The summed E-state index contributed by atoms with van der Waals surface area (Å²) < 4.78 is 0. The molecule has 1 aromatic rings. The van der Waals surface area contributed by atoms with E-state index in [-0.39, 0.29) is 5.91 Å². The molecule has 0 radical (unpaired) electrons. The van der Waals surface area contributed by atoms with Crippen molar-refractivity contribution in [3.8, 4) is 0 Å². The molecule has 2 heteroatoms. The summed E-state index contributed by atoms with van der Waals surface area (Å²) in [5.74, 6) is 0.271. The first-order valence-corrected chi connectivity index (χ1v) is 5.51. The zero-order valence-electron chi connectivity index (χ0n) is 9.42. The highest BCUT2D eigenvalue weighted by Gasteiger charge is 2.20. The van der Waals surface area contributed by atoms with Crippen LogP contribution < -0.4 is 0 Å². The van der Waals surface area contributed by atoms with Gasteiger partial charge in [-0.05, 0) is 31.4 Å². The van der Waals surface area contributed by atoms with Crippen LogP contribution in [0.1, 0.15) is 23.1 Å². The summed E-state index contributed by atoms with van der Waals surface area (Å²) in [5.41, 5.74) is 3.65. The molecule has 1 heterocycles. The van der Waals surface area contributed by atoms with Gasteiger partial charge in [0, 0.05) is 13.1 Å². The fourth-order valence-corrected chi connectivity index (χ4v) is 1.88. The highest BCUT2D eigenvalue weighted by Crippen LogP contribution is 2.14. The molecule has 0 atom stereocenters. The number of hydrogen-bond donors (Lipinski definition) is 0. The Morgan fingerprint density at radius 2 is 2.07 bits per heavy atom. The maximum Gasteiger partial charge on any atom is 0.227 e. The summed E-state index contributed by atoms with van der Waals surface area (Å²) in [4.78, 5) is 13.7. The molecule has 0 bridgehead atoms. The highest BCUT2D eigenvalue weighted by atomic mass is 16.2. The van der Waals surface area contributed by atoms with Gasteiger partial charge < -0.3 is 4.90 Å². The summed E-state index contributed by atoms with van der Waals surface area (Å²) in [7, 11) is 0. The molecule has 2 nitrogen and oxygen atoms in total. The molecular formula is C13H17NO. The van der Waals surface area contributed by atoms with Crippen molar-refractivity contribution in [2.45, 2.75) is 26.7 Å². The van der Waals surface area contributed by atoms with Gasteiger partial charge in [-0.2, -0.15) is 0 Å². The Labute approximate surface area is 90.9 Å². The van der Waals surface area contributed by atoms with Gasteiger partial charge in [0.05, 0.1) is 6.42 Å². The Kier molecular flexibility index (Phi) is 2.76. The van der Waals surface area contributed by atoms with Crippen LogP contribution in [0.4, 0.5) is 0 Å². The maximum absolute atomic E-state index is 11.8. The van der Waals surface area contributed by atoms with Crippen LogP contribution in [-0.4, -0.2) is 23.9 Å². The largest absolute Gasteiger partial charge is 0.342 e.